The second-order valence-corrected chi connectivity index (χ2v) is 7.90. The number of para-hydroxylation sites is 1. The molecule has 1 N–H and O–H groups in total. The summed E-state index contributed by atoms with van der Waals surface area (Å²) in [6, 6.07) is 17.1. The van der Waals surface area contributed by atoms with Crippen LogP contribution in [0.4, 0.5) is 5.69 Å². The van der Waals surface area contributed by atoms with E-state index in [0.717, 1.165) is 18.8 Å². The van der Waals surface area contributed by atoms with Crippen molar-refractivity contribution in [1.29, 1.82) is 0 Å². The predicted molar refractivity (Wildman–Crippen MR) is 120 cm³/mol. The first-order chi connectivity index (χ1) is 15.2. The molecule has 0 atom stereocenters. The lowest BCUT2D eigenvalue weighted by molar-refractivity contribution is -0.130. The number of ether oxygens (including phenoxy) is 1. The van der Waals surface area contributed by atoms with Crippen molar-refractivity contribution in [2.45, 2.75) is 6.61 Å². The second-order valence-electron chi connectivity index (χ2n) is 7.18. The average Bonchev–Trinajstić information content (AvgIpc) is 3.36. The minimum Gasteiger partial charge on any atom is -0.487 e. The van der Waals surface area contributed by atoms with Gasteiger partial charge in [-0.2, -0.15) is 0 Å². The maximum atomic E-state index is 12.5. The van der Waals surface area contributed by atoms with E-state index in [-0.39, 0.29) is 18.4 Å². The Labute approximate surface area is 185 Å². The summed E-state index contributed by atoms with van der Waals surface area (Å²) in [6.07, 6.45) is 0. The SMILES string of the molecule is O=C(NCC(=O)N1CCN(c2ccccc2)CC1)c1cccc(OCc2cscn2)c1. The molecule has 3 aromatic rings. The third-order valence-corrected chi connectivity index (χ3v) is 5.76. The number of piperazine rings is 1. The van der Waals surface area contributed by atoms with Crippen molar-refractivity contribution >= 4 is 28.8 Å². The predicted octanol–water partition coefficient (Wildman–Crippen LogP) is 2.80. The van der Waals surface area contributed by atoms with Crippen molar-refractivity contribution < 1.29 is 14.3 Å². The van der Waals surface area contributed by atoms with E-state index in [2.05, 4.69) is 27.3 Å². The van der Waals surface area contributed by atoms with Gasteiger partial charge in [-0.05, 0) is 30.3 Å². The van der Waals surface area contributed by atoms with Crippen molar-refractivity contribution in [1.82, 2.24) is 15.2 Å². The van der Waals surface area contributed by atoms with Gasteiger partial charge < -0.3 is 19.9 Å². The molecule has 0 unspecified atom stereocenters. The highest BCUT2D eigenvalue weighted by molar-refractivity contribution is 7.07. The lowest BCUT2D eigenvalue weighted by Crippen LogP contribution is -2.51. The fourth-order valence-electron chi connectivity index (χ4n) is 3.42. The number of rotatable bonds is 7. The summed E-state index contributed by atoms with van der Waals surface area (Å²) in [5, 5.41) is 4.64. The van der Waals surface area contributed by atoms with Crippen LogP contribution in [0.1, 0.15) is 16.1 Å². The minimum absolute atomic E-state index is 0.0198. The zero-order valence-corrected chi connectivity index (χ0v) is 17.9. The number of hydrogen-bond donors (Lipinski definition) is 1. The van der Waals surface area contributed by atoms with E-state index in [1.807, 2.05) is 23.6 Å². The van der Waals surface area contributed by atoms with Crippen LogP contribution in [0.2, 0.25) is 0 Å². The molecule has 4 rings (SSSR count). The summed E-state index contributed by atoms with van der Waals surface area (Å²) in [5.74, 6) is 0.219. The Morgan fingerprint density at radius 1 is 1.03 bits per heavy atom. The topological polar surface area (TPSA) is 74.8 Å². The van der Waals surface area contributed by atoms with Gasteiger partial charge in [0.05, 0.1) is 17.7 Å². The number of nitrogens with one attached hydrogen (secondary N) is 1. The van der Waals surface area contributed by atoms with Crippen molar-refractivity contribution in [2.24, 2.45) is 0 Å². The molecule has 1 fully saturated rings. The first kappa shape index (κ1) is 20.9. The molecule has 1 aromatic heterocycles. The monoisotopic (exact) mass is 436 g/mol. The Morgan fingerprint density at radius 3 is 2.58 bits per heavy atom. The van der Waals surface area contributed by atoms with Gasteiger partial charge in [0.15, 0.2) is 0 Å². The highest BCUT2D eigenvalue weighted by atomic mass is 32.1. The molecule has 7 nitrogen and oxygen atoms in total. The van der Waals surface area contributed by atoms with Gasteiger partial charge in [0.25, 0.3) is 5.91 Å². The number of amides is 2. The molecule has 1 aliphatic rings. The molecule has 2 aromatic carbocycles. The van der Waals surface area contributed by atoms with E-state index >= 15 is 0 Å². The van der Waals surface area contributed by atoms with Crippen LogP contribution in [0.15, 0.2) is 65.5 Å². The van der Waals surface area contributed by atoms with Crippen molar-refractivity contribution in [3.63, 3.8) is 0 Å². The Hall–Kier alpha value is -3.39. The van der Waals surface area contributed by atoms with Gasteiger partial charge >= 0.3 is 0 Å². The highest BCUT2D eigenvalue weighted by Gasteiger charge is 2.21. The van der Waals surface area contributed by atoms with E-state index in [9.17, 15) is 9.59 Å². The number of benzene rings is 2. The number of hydrogen-bond acceptors (Lipinski definition) is 6. The van der Waals surface area contributed by atoms with Gasteiger partial charge in [-0.15, -0.1) is 11.3 Å². The van der Waals surface area contributed by atoms with Gasteiger partial charge in [-0.3, -0.25) is 9.59 Å². The van der Waals surface area contributed by atoms with Crippen LogP contribution in [0.5, 0.6) is 5.75 Å². The molecule has 2 heterocycles. The Kier molecular flexibility index (Phi) is 6.78. The molecule has 2 amide bonds. The number of carbonyl (C=O) groups is 2. The smallest absolute Gasteiger partial charge is 0.251 e. The zero-order chi connectivity index (χ0) is 21.5. The zero-order valence-electron chi connectivity index (χ0n) is 17.1. The number of aromatic nitrogens is 1. The fourth-order valence-corrected chi connectivity index (χ4v) is 3.96. The number of carbonyl (C=O) groups excluding carboxylic acids is 2. The maximum Gasteiger partial charge on any atom is 0.251 e. The van der Waals surface area contributed by atoms with E-state index < -0.39 is 0 Å². The third-order valence-electron chi connectivity index (χ3n) is 5.12. The van der Waals surface area contributed by atoms with Gasteiger partial charge in [0.1, 0.15) is 12.4 Å². The third kappa shape index (κ3) is 5.61. The number of nitrogens with zero attached hydrogens (tertiary/aromatic N) is 3. The molecule has 1 saturated heterocycles. The van der Waals surface area contributed by atoms with E-state index in [4.69, 9.17) is 4.74 Å². The standard InChI is InChI=1S/C23H24N4O3S/c28-22(27-11-9-26(10-12-27)20-6-2-1-3-7-20)14-24-23(29)18-5-4-8-21(13-18)30-15-19-16-31-17-25-19/h1-8,13,16-17H,9-12,14-15H2,(H,24,29). The molecule has 0 radical (unpaired) electrons. The van der Waals surface area contributed by atoms with Crippen LogP contribution in [0.25, 0.3) is 0 Å². The Balaban J connectivity index is 1.24. The van der Waals surface area contributed by atoms with Gasteiger partial charge in [-0.25, -0.2) is 4.98 Å². The van der Waals surface area contributed by atoms with Crippen LogP contribution in [0, 0.1) is 0 Å². The molecule has 1 aliphatic heterocycles. The summed E-state index contributed by atoms with van der Waals surface area (Å²) in [6.45, 7) is 3.17. The number of anilines is 1. The van der Waals surface area contributed by atoms with Gasteiger partial charge in [0, 0.05) is 42.8 Å². The van der Waals surface area contributed by atoms with Crippen LogP contribution >= 0.6 is 11.3 Å². The molecule has 8 heteroatoms. The Bertz CT molecular complexity index is 1000. The lowest BCUT2D eigenvalue weighted by atomic mass is 10.2. The van der Waals surface area contributed by atoms with E-state index in [1.165, 1.54) is 17.0 Å². The van der Waals surface area contributed by atoms with Crippen LogP contribution in [-0.2, 0) is 11.4 Å². The van der Waals surface area contributed by atoms with Crippen molar-refractivity contribution in [3.05, 3.63) is 76.7 Å². The first-order valence-corrected chi connectivity index (χ1v) is 11.1. The quantitative estimate of drug-likeness (QED) is 0.617. The molecule has 0 bridgehead atoms. The van der Waals surface area contributed by atoms with E-state index in [1.54, 1.807) is 34.7 Å². The molecular formula is C23H24N4O3S. The van der Waals surface area contributed by atoms with Crippen LogP contribution < -0.4 is 15.0 Å². The lowest BCUT2D eigenvalue weighted by Gasteiger charge is -2.36. The van der Waals surface area contributed by atoms with Gasteiger partial charge in [-0.1, -0.05) is 24.3 Å². The normalized spacial score (nSPS) is 13.7. The fraction of sp³-hybridized carbons (Fsp3) is 0.261. The average molecular weight is 437 g/mol. The highest BCUT2D eigenvalue weighted by Crippen LogP contribution is 2.17. The van der Waals surface area contributed by atoms with E-state index in [0.29, 0.717) is 31.0 Å². The summed E-state index contributed by atoms with van der Waals surface area (Å²) >= 11 is 1.51. The molecule has 0 aliphatic carbocycles. The van der Waals surface area contributed by atoms with Crippen LogP contribution in [-0.4, -0.2) is 54.4 Å². The minimum atomic E-state index is -0.296. The summed E-state index contributed by atoms with van der Waals surface area (Å²) < 4.78 is 5.69. The summed E-state index contributed by atoms with van der Waals surface area (Å²) in [5.41, 5.74) is 4.22. The molecular weight excluding hydrogens is 412 g/mol. The van der Waals surface area contributed by atoms with Crippen LogP contribution in [0.3, 0.4) is 0 Å². The largest absolute Gasteiger partial charge is 0.487 e. The van der Waals surface area contributed by atoms with Gasteiger partial charge in [0.2, 0.25) is 5.91 Å². The molecule has 0 spiro atoms. The second kappa shape index (κ2) is 10.1. The summed E-state index contributed by atoms with van der Waals surface area (Å²) in [4.78, 5) is 33.3. The molecule has 31 heavy (non-hydrogen) atoms. The maximum absolute atomic E-state index is 12.5. The molecule has 0 saturated carbocycles. The first-order valence-electron chi connectivity index (χ1n) is 10.1. The molecule has 160 valence electrons. The van der Waals surface area contributed by atoms with Crippen molar-refractivity contribution in [2.75, 3.05) is 37.6 Å². The van der Waals surface area contributed by atoms with Crippen molar-refractivity contribution in [3.8, 4) is 5.75 Å². The summed E-state index contributed by atoms with van der Waals surface area (Å²) in [7, 11) is 0. The number of thiazole rings is 1. The Morgan fingerprint density at radius 2 is 1.84 bits per heavy atom.